The van der Waals surface area contributed by atoms with E-state index >= 15 is 0 Å². The van der Waals surface area contributed by atoms with E-state index in [0.717, 1.165) is 17.2 Å². The molecule has 1 aromatic heterocycles. The quantitative estimate of drug-likeness (QED) is 0.251. The highest BCUT2D eigenvalue weighted by molar-refractivity contribution is 8.01. The third-order valence-electron chi connectivity index (χ3n) is 4.75. The molecule has 3 aromatic carbocycles. The molecule has 0 atom stereocenters. The number of fused-ring (bicyclic) bond motifs is 1. The summed E-state index contributed by atoms with van der Waals surface area (Å²) in [6.45, 7) is -0.0187. The van der Waals surface area contributed by atoms with E-state index in [1.807, 2.05) is 54.6 Å². The molecule has 0 radical (unpaired) electrons. The maximum absolute atomic E-state index is 12.6. The fraction of sp³-hybridized carbons (Fsp3) is 0.0833. The molecule has 5 rings (SSSR count). The first kappa shape index (κ1) is 21.9. The molecule has 2 N–H and O–H groups in total. The molecular weight excluding hydrogens is 472 g/mol. The third kappa shape index (κ3) is 5.36. The van der Waals surface area contributed by atoms with Crippen LogP contribution in [-0.4, -0.2) is 34.2 Å². The van der Waals surface area contributed by atoms with Crippen LogP contribution in [0.25, 0.3) is 0 Å². The van der Waals surface area contributed by atoms with Gasteiger partial charge in [0.25, 0.3) is 5.91 Å². The van der Waals surface area contributed by atoms with Gasteiger partial charge in [0.1, 0.15) is 17.2 Å². The SMILES string of the molecule is O=C1COc2ccc(C(=O)CSc3nnc(Nc4ccc(Oc5ccccc5)cc4)s3)cc2N1. The van der Waals surface area contributed by atoms with Crippen molar-refractivity contribution in [2.75, 3.05) is 23.0 Å². The van der Waals surface area contributed by atoms with Crippen LogP contribution in [0.2, 0.25) is 0 Å². The summed E-state index contributed by atoms with van der Waals surface area (Å²) in [6, 6.07) is 22.1. The molecule has 1 aliphatic rings. The van der Waals surface area contributed by atoms with Gasteiger partial charge >= 0.3 is 0 Å². The summed E-state index contributed by atoms with van der Waals surface area (Å²) in [7, 11) is 0. The van der Waals surface area contributed by atoms with Gasteiger partial charge in [-0.1, -0.05) is 41.3 Å². The van der Waals surface area contributed by atoms with E-state index in [1.165, 1.54) is 23.1 Å². The first-order chi connectivity index (χ1) is 16.6. The lowest BCUT2D eigenvalue weighted by atomic mass is 10.1. The number of hydrogen-bond donors (Lipinski definition) is 2. The number of rotatable bonds is 8. The highest BCUT2D eigenvalue weighted by atomic mass is 32.2. The van der Waals surface area contributed by atoms with Gasteiger partial charge in [0.15, 0.2) is 16.7 Å². The lowest BCUT2D eigenvalue weighted by Gasteiger charge is -2.18. The number of para-hydroxylation sites is 1. The minimum absolute atomic E-state index is 0.0187. The summed E-state index contributed by atoms with van der Waals surface area (Å²) >= 11 is 2.68. The summed E-state index contributed by atoms with van der Waals surface area (Å²) < 4.78 is 11.8. The number of anilines is 3. The average molecular weight is 491 g/mol. The van der Waals surface area contributed by atoms with Crippen molar-refractivity contribution in [1.82, 2.24) is 10.2 Å². The van der Waals surface area contributed by atoms with E-state index in [-0.39, 0.29) is 24.1 Å². The van der Waals surface area contributed by atoms with Crippen molar-refractivity contribution >= 4 is 51.3 Å². The Balaban J connectivity index is 1.15. The summed E-state index contributed by atoms with van der Waals surface area (Å²) in [5, 5.41) is 14.8. The van der Waals surface area contributed by atoms with Gasteiger partial charge in [-0.25, -0.2) is 0 Å². The standard InChI is InChI=1S/C24H18N4O4S2/c29-20(15-6-11-21-19(12-15)26-22(30)13-31-21)14-33-24-28-27-23(34-24)25-16-7-9-18(10-8-16)32-17-4-2-1-3-5-17/h1-12H,13-14H2,(H,25,27)(H,26,30). The van der Waals surface area contributed by atoms with Crippen LogP contribution >= 0.6 is 23.1 Å². The molecule has 0 spiro atoms. The molecule has 34 heavy (non-hydrogen) atoms. The van der Waals surface area contributed by atoms with Gasteiger partial charge in [-0.05, 0) is 54.6 Å². The molecule has 0 bridgehead atoms. The van der Waals surface area contributed by atoms with Gasteiger partial charge in [0.05, 0.1) is 11.4 Å². The Labute approximate surface area is 203 Å². The van der Waals surface area contributed by atoms with E-state index in [0.29, 0.717) is 26.5 Å². The van der Waals surface area contributed by atoms with Crippen molar-refractivity contribution < 1.29 is 19.1 Å². The lowest BCUT2D eigenvalue weighted by Crippen LogP contribution is -2.25. The first-order valence-corrected chi connectivity index (χ1v) is 12.1. The summed E-state index contributed by atoms with van der Waals surface area (Å²) in [4.78, 5) is 24.1. The van der Waals surface area contributed by atoms with Gasteiger partial charge in [0.2, 0.25) is 5.13 Å². The van der Waals surface area contributed by atoms with Gasteiger partial charge in [-0.2, -0.15) is 0 Å². The Morgan fingerprint density at radius 3 is 2.68 bits per heavy atom. The van der Waals surface area contributed by atoms with Crippen LogP contribution in [0.4, 0.5) is 16.5 Å². The van der Waals surface area contributed by atoms with Crippen LogP contribution in [0.15, 0.2) is 77.1 Å². The van der Waals surface area contributed by atoms with Gasteiger partial charge < -0.3 is 20.1 Å². The number of carbonyl (C=O) groups is 2. The zero-order chi connectivity index (χ0) is 23.3. The number of nitrogens with zero attached hydrogens (tertiary/aromatic N) is 2. The Bertz CT molecular complexity index is 1330. The highest BCUT2D eigenvalue weighted by Gasteiger charge is 2.18. The van der Waals surface area contributed by atoms with Gasteiger partial charge in [-0.3, -0.25) is 9.59 Å². The van der Waals surface area contributed by atoms with Crippen LogP contribution in [0, 0.1) is 0 Å². The van der Waals surface area contributed by atoms with Crippen molar-refractivity contribution in [3.63, 3.8) is 0 Å². The average Bonchev–Trinajstić information content (AvgIpc) is 3.31. The Hall–Kier alpha value is -3.89. The molecule has 0 saturated carbocycles. The van der Waals surface area contributed by atoms with Crippen LogP contribution in [0.1, 0.15) is 10.4 Å². The van der Waals surface area contributed by atoms with Crippen molar-refractivity contribution in [3.05, 3.63) is 78.4 Å². The molecule has 0 aliphatic carbocycles. The monoisotopic (exact) mass is 490 g/mol. The molecule has 1 aliphatic heterocycles. The minimum Gasteiger partial charge on any atom is -0.482 e. The maximum atomic E-state index is 12.6. The number of Topliss-reactive ketones (excluding diaryl/α,β-unsaturated/α-hetero) is 1. The van der Waals surface area contributed by atoms with Crippen LogP contribution in [0.5, 0.6) is 17.2 Å². The number of hydrogen-bond acceptors (Lipinski definition) is 9. The van der Waals surface area contributed by atoms with E-state index in [2.05, 4.69) is 20.8 Å². The number of carbonyl (C=O) groups excluding carboxylic acids is 2. The fourth-order valence-electron chi connectivity index (χ4n) is 3.14. The van der Waals surface area contributed by atoms with Gasteiger partial charge in [-0.15, -0.1) is 10.2 Å². The second-order valence-corrected chi connectivity index (χ2v) is 9.40. The molecule has 0 fully saturated rings. The number of benzene rings is 3. The van der Waals surface area contributed by atoms with Crippen molar-refractivity contribution in [2.45, 2.75) is 4.34 Å². The molecule has 10 heteroatoms. The normalized spacial score (nSPS) is 12.3. The highest BCUT2D eigenvalue weighted by Crippen LogP contribution is 2.31. The summed E-state index contributed by atoms with van der Waals surface area (Å²) in [6.07, 6.45) is 0. The predicted molar refractivity (Wildman–Crippen MR) is 132 cm³/mol. The Morgan fingerprint density at radius 1 is 1.06 bits per heavy atom. The van der Waals surface area contributed by atoms with Crippen LogP contribution in [-0.2, 0) is 4.79 Å². The number of ether oxygens (including phenoxy) is 2. The molecule has 0 unspecified atom stereocenters. The van der Waals surface area contributed by atoms with Gasteiger partial charge in [0, 0.05) is 11.3 Å². The topological polar surface area (TPSA) is 102 Å². The smallest absolute Gasteiger partial charge is 0.262 e. The molecule has 1 amide bonds. The Kier molecular flexibility index (Phi) is 6.41. The number of aromatic nitrogens is 2. The summed E-state index contributed by atoms with van der Waals surface area (Å²) in [5.74, 6) is 1.95. The van der Waals surface area contributed by atoms with E-state index in [9.17, 15) is 9.59 Å². The fourth-order valence-corrected chi connectivity index (χ4v) is 4.81. The summed E-state index contributed by atoms with van der Waals surface area (Å²) in [5.41, 5.74) is 1.86. The van der Waals surface area contributed by atoms with E-state index in [4.69, 9.17) is 9.47 Å². The van der Waals surface area contributed by atoms with Crippen molar-refractivity contribution in [3.8, 4) is 17.2 Å². The van der Waals surface area contributed by atoms with Crippen molar-refractivity contribution in [2.24, 2.45) is 0 Å². The number of nitrogens with one attached hydrogen (secondary N) is 2. The molecule has 170 valence electrons. The second kappa shape index (κ2) is 9.94. The largest absolute Gasteiger partial charge is 0.482 e. The molecule has 4 aromatic rings. The van der Waals surface area contributed by atoms with E-state index < -0.39 is 0 Å². The first-order valence-electron chi connectivity index (χ1n) is 10.3. The molecule has 2 heterocycles. The number of ketones is 1. The lowest BCUT2D eigenvalue weighted by molar-refractivity contribution is -0.118. The molecular formula is C24H18N4O4S2. The number of thioether (sulfide) groups is 1. The zero-order valence-corrected chi connectivity index (χ0v) is 19.3. The zero-order valence-electron chi connectivity index (χ0n) is 17.7. The van der Waals surface area contributed by atoms with Crippen molar-refractivity contribution in [1.29, 1.82) is 0 Å². The second-order valence-electron chi connectivity index (χ2n) is 7.20. The molecule has 8 nitrogen and oxygen atoms in total. The third-order valence-corrected chi connectivity index (χ3v) is 6.72. The minimum atomic E-state index is -0.237. The van der Waals surface area contributed by atoms with Crippen LogP contribution < -0.4 is 20.1 Å². The van der Waals surface area contributed by atoms with E-state index in [1.54, 1.807) is 18.2 Å². The number of amides is 1. The van der Waals surface area contributed by atoms with Crippen LogP contribution in [0.3, 0.4) is 0 Å². The maximum Gasteiger partial charge on any atom is 0.262 e. The molecule has 0 saturated heterocycles. The predicted octanol–water partition coefficient (Wildman–Crippen LogP) is 5.38. The Morgan fingerprint density at radius 2 is 1.85 bits per heavy atom.